The third kappa shape index (κ3) is 6.59. The Morgan fingerprint density at radius 3 is 2.43 bits per heavy atom. The molecule has 0 aromatic heterocycles. The lowest BCUT2D eigenvalue weighted by atomic mass is 10.1. The number of nitrogens with zero attached hydrogens (tertiary/aromatic N) is 1. The Kier molecular flexibility index (Phi) is 7.38. The summed E-state index contributed by atoms with van der Waals surface area (Å²) < 4.78 is 10.4. The van der Waals surface area contributed by atoms with Gasteiger partial charge in [0.25, 0.3) is 5.91 Å². The lowest BCUT2D eigenvalue weighted by Gasteiger charge is -2.16. The lowest BCUT2D eigenvalue weighted by Crippen LogP contribution is -2.39. The number of methoxy groups -OCH3 is 2. The Bertz CT molecular complexity index is 556. The van der Waals surface area contributed by atoms with Gasteiger partial charge in [-0.1, -0.05) is 19.9 Å². The number of carbonyl (C=O) groups excluding carboxylic acids is 1. The summed E-state index contributed by atoms with van der Waals surface area (Å²) >= 11 is 0. The van der Waals surface area contributed by atoms with Crippen molar-refractivity contribution < 1.29 is 14.3 Å². The smallest absolute Gasteiger partial charge is 0.253 e. The number of aliphatic imine (C=N–C) groups is 1. The van der Waals surface area contributed by atoms with E-state index in [1.165, 1.54) is 0 Å². The summed E-state index contributed by atoms with van der Waals surface area (Å²) in [5, 5.41) is 3.03. The minimum absolute atomic E-state index is 0.154. The summed E-state index contributed by atoms with van der Waals surface area (Å²) in [5.74, 6) is 1.60. The molecule has 3 N–H and O–H groups in total. The second kappa shape index (κ2) is 9.02. The van der Waals surface area contributed by atoms with E-state index in [0.29, 0.717) is 17.4 Å². The molecule has 1 rings (SSSR count). The molecule has 0 saturated heterocycles. The molecule has 0 aliphatic heterocycles. The molecule has 128 valence electrons. The molecular formula is C17H27N3O3. The van der Waals surface area contributed by atoms with Gasteiger partial charge < -0.3 is 20.5 Å². The first kappa shape index (κ1) is 18.8. The molecule has 1 amide bonds. The predicted molar refractivity (Wildman–Crippen MR) is 91.9 cm³/mol. The number of amides is 1. The fourth-order valence-electron chi connectivity index (χ4n) is 2.39. The van der Waals surface area contributed by atoms with E-state index in [1.54, 1.807) is 32.4 Å². The van der Waals surface area contributed by atoms with E-state index in [4.69, 9.17) is 15.2 Å². The van der Waals surface area contributed by atoms with Crippen molar-refractivity contribution in [1.29, 1.82) is 0 Å². The number of carbonyl (C=O) groups is 1. The zero-order valence-electron chi connectivity index (χ0n) is 14.6. The Morgan fingerprint density at radius 1 is 1.22 bits per heavy atom. The highest BCUT2D eigenvalue weighted by atomic mass is 16.5. The van der Waals surface area contributed by atoms with Gasteiger partial charge in [0.05, 0.1) is 20.6 Å². The number of ether oxygens (including phenoxy) is 2. The maximum Gasteiger partial charge on any atom is 0.253 e. The van der Waals surface area contributed by atoms with Crippen LogP contribution in [0, 0.1) is 5.92 Å². The Hall–Kier alpha value is -2.24. The SMILES string of the molecule is COc1ccc(CC(=O)N=C(N)N[C@H](C)CC(C)C)cc1OC. The van der Waals surface area contributed by atoms with Gasteiger partial charge in [-0.15, -0.1) is 0 Å². The third-order valence-electron chi connectivity index (χ3n) is 3.27. The number of hydrogen-bond acceptors (Lipinski definition) is 3. The van der Waals surface area contributed by atoms with Crippen molar-refractivity contribution in [2.45, 2.75) is 39.7 Å². The number of hydrogen-bond donors (Lipinski definition) is 2. The van der Waals surface area contributed by atoms with E-state index in [-0.39, 0.29) is 24.3 Å². The zero-order chi connectivity index (χ0) is 17.4. The van der Waals surface area contributed by atoms with Crippen LogP contribution in [0.15, 0.2) is 23.2 Å². The molecule has 0 bridgehead atoms. The monoisotopic (exact) mass is 321 g/mol. The van der Waals surface area contributed by atoms with Gasteiger partial charge in [0.2, 0.25) is 0 Å². The van der Waals surface area contributed by atoms with Crippen LogP contribution in [0.4, 0.5) is 0 Å². The minimum atomic E-state index is -0.307. The number of rotatable bonds is 7. The maximum atomic E-state index is 12.0. The Morgan fingerprint density at radius 2 is 1.87 bits per heavy atom. The topological polar surface area (TPSA) is 85.9 Å². The first-order valence-electron chi connectivity index (χ1n) is 7.70. The number of nitrogens with one attached hydrogen (secondary N) is 1. The second-order valence-corrected chi connectivity index (χ2v) is 5.93. The van der Waals surface area contributed by atoms with E-state index in [2.05, 4.69) is 24.2 Å². The van der Waals surface area contributed by atoms with Crippen molar-refractivity contribution in [3.05, 3.63) is 23.8 Å². The van der Waals surface area contributed by atoms with Crippen LogP contribution >= 0.6 is 0 Å². The molecule has 0 radical (unpaired) electrons. The molecule has 0 spiro atoms. The average Bonchev–Trinajstić information content (AvgIpc) is 2.45. The lowest BCUT2D eigenvalue weighted by molar-refractivity contribution is -0.117. The molecule has 0 heterocycles. The number of benzene rings is 1. The highest BCUT2D eigenvalue weighted by molar-refractivity contribution is 5.93. The van der Waals surface area contributed by atoms with Crippen molar-refractivity contribution in [3.63, 3.8) is 0 Å². The molecule has 1 aromatic rings. The molecule has 0 aliphatic rings. The maximum absolute atomic E-state index is 12.0. The van der Waals surface area contributed by atoms with Gasteiger partial charge in [-0.2, -0.15) is 4.99 Å². The molecule has 0 saturated carbocycles. The van der Waals surface area contributed by atoms with Crippen LogP contribution in [0.1, 0.15) is 32.8 Å². The Balaban J connectivity index is 2.66. The average molecular weight is 321 g/mol. The highest BCUT2D eigenvalue weighted by Crippen LogP contribution is 2.27. The first-order valence-corrected chi connectivity index (χ1v) is 7.70. The van der Waals surface area contributed by atoms with E-state index in [9.17, 15) is 4.79 Å². The highest BCUT2D eigenvalue weighted by Gasteiger charge is 2.10. The van der Waals surface area contributed by atoms with E-state index < -0.39 is 0 Å². The van der Waals surface area contributed by atoms with Crippen LogP contribution < -0.4 is 20.5 Å². The summed E-state index contributed by atoms with van der Waals surface area (Å²) in [6.07, 6.45) is 1.11. The number of nitrogens with two attached hydrogens (primary N) is 1. The Labute approximate surface area is 138 Å². The molecule has 0 fully saturated rings. The van der Waals surface area contributed by atoms with Crippen LogP contribution in [0.2, 0.25) is 0 Å². The van der Waals surface area contributed by atoms with Gasteiger partial charge in [-0.3, -0.25) is 4.79 Å². The quantitative estimate of drug-likeness (QED) is 0.593. The normalized spacial score (nSPS) is 12.9. The van der Waals surface area contributed by atoms with Gasteiger partial charge in [-0.05, 0) is 37.0 Å². The van der Waals surface area contributed by atoms with Gasteiger partial charge in [0.1, 0.15) is 0 Å². The van der Waals surface area contributed by atoms with Crippen molar-refractivity contribution in [2.24, 2.45) is 16.6 Å². The fraction of sp³-hybridized carbons (Fsp3) is 0.529. The predicted octanol–water partition coefficient (Wildman–Crippen LogP) is 2.11. The molecular weight excluding hydrogens is 294 g/mol. The van der Waals surface area contributed by atoms with Crippen LogP contribution in [0.25, 0.3) is 0 Å². The van der Waals surface area contributed by atoms with Crippen LogP contribution in [0.3, 0.4) is 0 Å². The number of guanidine groups is 1. The molecule has 0 aliphatic carbocycles. The summed E-state index contributed by atoms with van der Waals surface area (Å²) in [6, 6.07) is 5.50. The fourth-order valence-corrected chi connectivity index (χ4v) is 2.39. The zero-order valence-corrected chi connectivity index (χ0v) is 14.6. The van der Waals surface area contributed by atoms with E-state index in [0.717, 1.165) is 12.0 Å². The minimum Gasteiger partial charge on any atom is -0.493 e. The van der Waals surface area contributed by atoms with E-state index in [1.807, 2.05) is 6.92 Å². The second-order valence-electron chi connectivity index (χ2n) is 5.93. The standard InChI is InChI=1S/C17H27N3O3/c1-11(2)8-12(3)19-17(18)20-16(21)10-13-6-7-14(22-4)15(9-13)23-5/h6-7,9,11-12H,8,10H2,1-5H3,(H3,18,19,20,21)/t12-/m1/s1. The largest absolute Gasteiger partial charge is 0.493 e. The van der Waals surface area contributed by atoms with Gasteiger partial charge in [0.15, 0.2) is 17.5 Å². The van der Waals surface area contributed by atoms with Crippen molar-refractivity contribution in [2.75, 3.05) is 14.2 Å². The summed E-state index contributed by atoms with van der Waals surface area (Å²) in [6.45, 7) is 6.28. The summed E-state index contributed by atoms with van der Waals surface area (Å²) in [5.41, 5.74) is 6.57. The van der Waals surface area contributed by atoms with Crippen molar-refractivity contribution in [3.8, 4) is 11.5 Å². The molecule has 0 unspecified atom stereocenters. The molecule has 1 aromatic carbocycles. The van der Waals surface area contributed by atoms with Gasteiger partial charge >= 0.3 is 0 Å². The van der Waals surface area contributed by atoms with Crippen LogP contribution in [0.5, 0.6) is 11.5 Å². The molecule has 1 atom stereocenters. The van der Waals surface area contributed by atoms with Gasteiger partial charge in [-0.25, -0.2) is 0 Å². The van der Waals surface area contributed by atoms with Crippen LogP contribution in [-0.2, 0) is 11.2 Å². The molecule has 6 nitrogen and oxygen atoms in total. The first-order chi connectivity index (χ1) is 10.8. The van der Waals surface area contributed by atoms with Gasteiger partial charge in [0, 0.05) is 6.04 Å². The van der Waals surface area contributed by atoms with E-state index >= 15 is 0 Å². The molecule has 23 heavy (non-hydrogen) atoms. The summed E-state index contributed by atoms with van der Waals surface area (Å²) in [7, 11) is 3.12. The van der Waals surface area contributed by atoms with Crippen LogP contribution in [-0.4, -0.2) is 32.1 Å². The molecule has 6 heteroatoms. The van der Waals surface area contributed by atoms with Crippen molar-refractivity contribution >= 4 is 11.9 Å². The third-order valence-corrected chi connectivity index (χ3v) is 3.27. The summed E-state index contributed by atoms with van der Waals surface area (Å²) in [4.78, 5) is 15.9. The van der Waals surface area contributed by atoms with Crippen molar-refractivity contribution in [1.82, 2.24) is 5.32 Å².